The fourth-order valence-electron chi connectivity index (χ4n) is 5.96. The van der Waals surface area contributed by atoms with Gasteiger partial charge in [0.15, 0.2) is 0 Å². The van der Waals surface area contributed by atoms with Gasteiger partial charge in [0.1, 0.15) is 12.4 Å². The van der Waals surface area contributed by atoms with Crippen molar-refractivity contribution >= 4 is 39.4 Å². The van der Waals surface area contributed by atoms with Crippen molar-refractivity contribution < 1.29 is 14.6 Å². The van der Waals surface area contributed by atoms with Crippen molar-refractivity contribution in [1.29, 1.82) is 0 Å². The van der Waals surface area contributed by atoms with E-state index in [1.54, 1.807) is 13.8 Å². The second-order valence-corrected chi connectivity index (χ2v) is 12.9. The molecule has 42 heavy (non-hydrogen) atoms. The van der Waals surface area contributed by atoms with Gasteiger partial charge < -0.3 is 14.4 Å². The lowest BCUT2D eigenvalue weighted by Crippen LogP contribution is -2.29. The number of carboxylic acid groups (broad SMARTS) is 1. The van der Waals surface area contributed by atoms with E-state index in [-0.39, 0.29) is 5.41 Å². The second-order valence-electron chi connectivity index (χ2n) is 12.5. The van der Waals surface area contributed by atoms with Crippen LogP contribution in [0.5, 0.6) is 5.75 Å². The molecule has 0 spiro atoms. The van der Waals surface area contributed by atoms with Gasteiger partial charge in [-0.3, -0.25) is 4.79 Å². The van der Waals surface area contributed by atoms with Gasteiger partial charge in [0.25, 0.3) is 0 Å². The number of hydrogen-bond donors (Lipinski definition) is 1. The predicted octanol–water partition coefficient (Wildman–Crippen LogP) is 9.20. The zero-order valence-corrected chi connectivity index (χ0v) is 25.8. The minimum atomic E-state index is -0.940. The molecule has 0 saturated heterocycles. The van der Waals surface area contributed by atoms with Crippen LogP contribution in [0.25, 0.3) is 21.8 Å². The molecular weight excluding hydrogens is 544 g/mol. The molecule has 6 heteroatoms. The zero-order chi connectivity index (χ0) is 30.1. The van der Waals surface area contributed by atoms with Crippen molar-refractivity contribution in [1.82, 2.24) is 9.55 Å². The molecule has 0 aliphatic rings. The third kappa shape index (κ3) is 6.17. The van der Waals surface area contributed by atoms with E-state index in [4.69, 9.17) is 21.3 Å². The van der Waals surface area contributed by atoms with Gasteiger partial charge in [0.2, 0.25) is 0 Å². The summed E-state index contributed by atoms with van der Waals surface area (Å²) in [6.45, 7) is 11.3. The van der Waals surface area contributed by atoms with Crippen LogP contribution >= 0.6 is 11.6 Å². The van der Waals surface area contributed by atoms with E-state index in [9.17, 15) is 9.90 Å². The number of carboxylic acids is 1. The standard InChI is InChI=1S/C36H39ClN2O3/c1-6-19-35(2,3)33-29-20-28(42-23-27-16-13-25-9-7-8-10-30(25)38-27)17-18-31(29)39(22-24-11-14-26(37)15-12-24)32(33)21-36(4,5)34(40)41/h7-18,20H,6,19,21-23H2,1-5H3,(H,40,41). The Morgan fingerprint density at radius 2 is 1.71 bits per heavy atom. The molecule has 0 aliphatic carbocycles. The molecule has 0 aliphatic heterocycles. The molecule has 5 aromatic rings. The maximum absolute atomic E-state index is 12.3. The Kier molecular flexibility index (Phi) is 8.34. The highest BCUT2D eigenvalue weighted by atomic mass is 35.5. The molecule has 0 fully saturated rings. The topological polar surface area (TPSA) is 64.3 Å². The lowest BCUT2D eigenvalue weighted by molar-refractivity contribution is -0.146. The minimum absolute atomic E-state index is 0.180. The van der Waals surface area contributed by atoms with Gasteiger partial charge >= 0.3 is 5.97 Å². The molecule has 2 aromatic heterocycles. The SMILES string of the molecule is CCCC(C)(C)c1c(CC(C)(C)C(=O)O)n(Cc2ccc(Cl)cc2)c2ccc(OCc3ccc4ccccc4n3)cc12. The molecule has 0 bridgehead atoms. The molecular formula is C36H39ClN2O3. The Bertz CT molecular complexity index is 1730. The second kappa shape index (κ2) is 11.8. The number of para-hydroxylation sites is 1. The molecule has 3 aromatic carbocycles. The first-order chi connectivity index (χ1) is 20.0. The highest BCUT2D eigenvalue weighted by molar-refractivity contribution is 6.30. The first-order valence-corrected chi connectivity index (χ1v) is 15.0. The van der Waals surface area contributed by atoms with Crippen molar-refractivity contribution in [3.63, 3.8) is 0 Å². The fourth-order valence-corrected chi connectivity index (χ4v) is 6.08. The quantitative estimate of drug-likeness (QED) is 0.169. The van der Waals surface area contributed by atoms with Crippen LogP contribution in [0.2, 0.25) is 5.02 Å². The molecule has 218 valence electrons. The molecule has 2 heterocycles. The summed E-state index contributed by atoms with van der Waals surface area (Å²) in [5.74, 6) is -0.0457. The fraction of sp³-hybridized carbons (Fsp3) is 0.333. The zero-order valence-electron chi connectivity index (χ0n) is 25.1. The van der Waals surface area contributed by atoms with Gasteiger partial charge in [-0.25, -0.2) is 4.98 Å². The van der Waals surface area contributed by atoms with Crippen LogP contribution in [0.4, 0.5) is 0 Å². The van der Waals surface area contributed by atoms with Gasteiger partial charge in [-0.2, -0.15) is 0 Å². The van der Waals surface area contributed by atoms with Crippen molar-refractivity contribution in [3.05, 3.63) is 106 Å². The number of aliphatic carboxylic acids is 1. The summed E-state index contributed by atoms with van der Waals surface area (Å²) in [5, 5.41) is 13.0. The van der Waals surface area contributed by atoms with Gasteiger partial charge in [0, 0.05) is 40.0 Å². The van der Waals surface area contributed by atoms with E-state index in [1.165, 1.54) is 5.56 Å². The smallest absolute Gasteiger partial charge is 0.309 e. The van der Waals surface area contributed by atoms with Crippen LogP contribution in [0.1, 0.15) is 70.0 Å². The monoisotopic (exact) mass is 582 g/mol. The van der Waals surface area contributed by atoms with Crippen molar-refractivity contribution in [3.8, 4) is 5.75 Å². The highest BCUT2D eigenvalue weighted by Crippen LogP contribution is 2.42. The van der Waals surface area contributed by atoms with Crippen LogP contribution in [-0.2, 0) is 29.8 Å². The van der Waals surface area contributed by atoms with E-state index in [1.807, 2.05) is 54.6 Å². The van der Waals surface area contributed by atoms with Crippen LogP contribution in [0, 0.1) is 5.41 Å². The molecule has 1 N–H and O–H groups in total. The summed E-state index contributed by atoms with van der Waals surface area (Å²) < 4.78 is 8.61. The number of carbonyl (C=O) groups is 1. The Hall–Kier alpha value is -3.83. The van der Waals surface area contributed by atoms with Crippen molar-refractivity contribution in [2.45, 2.75) is 72.4 Å². The lowest BCUT2D eigenvalue weighted by atomic mass is 9.76. The van der Waals surface area contributed by atoms with Gasteiger partial charge in [0.05, 0.1) is 16.6 Å². The highest BCUT2D eigenvalue weighted by Gasteiger charge is 2.35. The van der Waals surface area contributed by atoms with Crippen LogP contribution in [-0.4, -0.2) is 20.6 Å². The normalized spacial score (nSPS) is 12.2. The Morgan fingerprint density at radius 3 is 2.43 bits per heavy atom. The number of hydrogen-bond acceptors (Lipinski definition) is 3. The summed E-state index contributed by atoms with van der Waals surface area (Å²) in [4.78, 5) is 17.1. The number of aromatic nitrogens is 2. The molecule has 0 amide bonds. The van der Waals surface area contributed by atoms with Crippen LogP contribution < -0.4 is 4.74 Å². The van der Waals surface area contributed by atoms with E-state index in [0.717, 1.165) is 57.3 Å². The van der Waals surface area contributed by atoms with Crippen LogP contribution in [0.3, 0.4) is 0 Å². The van der Waals surface area contributed by atoms with Crippen molar-refractivity contribution in [2.75, 3.05) is 0 Å². The number of pyridine rings is 1. The number of rotatable bonds is 11. The Balaban J connectivity index is 1.62. The van der Waals surface area contributed by atoms with Crippen molar-refractivity contribution in [2.24, 2.45) is 5.41 Å². The average Bonchev–Trinajstić information content (AvgIpc) is 3.24. The third-order valence-corrected chi connectivity index (χ3v) is 8.43. The molecule has 0 radical (unpaired) electrons. The maximum Gasteiger partial charge on any atom is 0.309 e. The molecule has 5 nitrogen and oxygen atoms in total. The summed E-state index contributed by atoms with van der Waals surface area (Å²) in [7, 11) is 0. The largest absolute Gasteiger partial charge is 0.487 e. The Labute approximate surface area is 253 Å². The number of fused-ring (bicyclic) bond motifs is 2. The minimum Gasteiger partial charge on any atom is -0.487 e. The summed E-state index contributed by atoms with van der Waals surface area (Å²) in [5.41, 5.74) is 5.11. The third-order valence-electron chi connectivity index (χ3n) is 8.18. The summed E-state index contributed by atoms with van der Waals surface area (Å²) in [6, 6.07) is 26.2. The number of halogens is 1. The number of benzene rings is 3. The van der Waals surface area contributed by atoms with E-state index in [2.05, 4.69) is 49.6 Å². The van der Waals surface area contributed by atoms with Crippen LogP contribution in [0.15, 0.2) is 78.9 Å². The van der Waals surface area contributed by atoms with E-state index >= 15 is 0 Å². The molecule has 0 atom stereocenters. The molecule has 5 rings (SSSR count). The van der Waals surface area contributed by atoms with Gasteiger partial charge in [-0.05, 0) is 79.3 Å². The van der Waals surface area contributed by atoms with E-state index < -0.39 is 11.4 Å². The lowest BCUT2D eigenvalue weighted by Gasteiger charge is -2.29. The molecule has 0 unspecified atom stereocenters. The first kappa shape index (κ1) is 29.7. The maximum atomic E-state index is 12.3. The molecule has 0 saturated carbocycles. The number of ether oxygens (including phenoxy) is 1. The van der Waals surface area contributed by atoms with Gasteiger partial charge in [-0.1, -0.05) is 75.2 Å². The first-order valence-electron chi connectivity index (χ1n) is 14.6. The number of nitrogens with zero attached hydrogens (tertiary/aromatic N) is 2. The summed E-state index contributed by atoms with van der Waals surface area (Å²) >= 11 is 6.19. The van der Waals surface area contributed by atoms with Gasteiger partial charge in [-0.15, -0.1) is 0 Å². The van der Waals surface area contributed by atoms with E-state index in [0.29, 0.717) is 24.6 Å². The average molecular weight is 583 g/mol. The predicted molar refractivity (Wildman–Crippen MR) is 172 cm³/mol. The Morgan fingerprint density at radius 1 is 0.976 bits per heavy atom. The summed E-state index contributed by atoms with van der Waals surface area (Å²) in [6.07, 6.45) is 2.40.